The van der Waals surface area contributed by atoms with E-state index in [4.69, 9.17) is 0 Å². The highest BCUT2D eigenvalue weighted by atomic mass is 15.3. The predicted octanol–water partition coefficient (Wildman–Crippen LogP) is 4.16. The second-order valence-electron chi connectivity index (χ2n) is 8.71. The van der Waals surface area contributed by atoms with Crippen molar-refractivity contribution in [3.8, 4) is 11.3 Å². The summed E-state index contributed by atoms with van der Waals surface area (Å²) in [5.41, 5.74) is 6.68. The van der Waals surface area contributed by atoms with Crippen LogP contribution in [0.25, 0.3) is 11.3 Å². The minimum absolute atomic E-state index is 0.0103. The van der Waals surface area contributed by atoms with Crippen LogP contribution in [0.3, 0.4) is 0 Å². The van der Waals surface area contributed by atoms with Gasteiger partial charge in [0.2, 0.25) is 0 Å². The standard InChI is InChI=1S/C19H24N4/c1-11-13(10-20-23(11)18(2,3)4)16-9-12-14-5-6-15(17(12)22-21-16)19(14)7-8-19/h9-10,14-15H,5-8H2,1-4H3/t14-,15+/m0/s1. The zero-order chi connectivity index (χ0) is 16.0. The molecule has 2 bridgehead atoms. The summed E-state index contributed by atoms with van der Waals surface area (Å²) < 4.78 is 2.09. The van der Waals surface area contributed by atoms with Gasteiger partial charge >= 0.3 is 0 Å². The van der Waals surface area contributed by atoms with Crippen LogP contribution in [0.2, 0.25) is 0 Å². The fourth-order valence-electron chi connectivity index (χ4n) is 5.30. The molecule has 3 aliphatic rings. The van der Waals surface area contributed by atoms with E-state index in [0.29, 0.717) is 11.3 Å². The lowest BCUT2D eigenvalue weighted by atomic mass is 9.91. The molecule has 2 atom stereocenters. The van der Waals surface area contributed by atoms with Crippen LogP contribution in [-0.4, -0.2) is 20.0 Å². The number of nitrogens with zero attached hydrogens (tertiary/aromatic N) is 4. The van der Waals surface area contributed by atoms with Gasteiger partial charge in [-0.05, 0) is 76.3 Å². The Morgan fingerprint density at radius 1 is 1.13 bits per heavy atom. The van der Waals surface area contributed by atoms with Crippen LogP contribution in [0.1, 0.15) is 75.2 Å². The summed E-state index contributed by atoms with van der Waals surface area (Å²) in [6, 6.07) is 2.32. The molecule has 2 fully saturated rings. The highest BCUT2D eigenvalue weighted by Gasteiger charge is 2.64. The average Bonchev–Trinajstić information content (AvgIpc) is 2.97. The Morgan fingerprint density at radius 2 is 1.87 bits per heavy atom. The lowest BCUT2D eigenvalue weighted by molar-refractivity contribution is 0.348. The fraction of sp³-hybridized carbons (Fsp3) is 0.632. The molecule has 5 rings (SSSR count). The van der Waals surface area contributed by atoms with Crippen LogP contribution in [0.15, 0.2) is 12.3 Å². The summed E-state index contributed by atoms with van der Waals surface area (Å²) in [5.74, 6) is 1.44. The van der Waals surface area contributed by atoms with Gasteiger partial charge in [-0.3, -0.25) is 4.68 Å². The van der Waals surface area contributed by atoms with E-state index in [-0.39, 0.29) is 5.54 Å². The third-order valence-electron chi connectivity index (χ3n) is 6.44. The maximum absolute atomic E-state index is 4.68. The van der Waals surface area contributed by atoms with Crippen LogP contribution in [0, 0.1) is 12.3 Å². The minimum atomic E-state index is -0.0103. The lowest BCUT2D eigenvalue weighted by Crippen LogP contribution is -2.24. The van der Waals surface area contributed by atoms with Crippen molar-refractivity contribution >= 4 is 0 Å². The molecule has 0 aromatic carbocycles. The van der Waals surface area contributed by atoms with E-state index in [1.165, 1.54) is 42.6 Å². The molecule has 23 heavy (non-hydrogen) atoms. The Balaban J connectivity index is 1.60. The SMILES string of the molecule is Cc1c(-c2cc3c(nn2)[C@H]2CC[C@@H]3C23CC3)cnn1C(C)(C)C. The molecule has 1 spiro atoms. The third kappa shape index (κ3) is 1.64. The molecule has 4 heteroatoms. The van der Waals surface area contributed by atoms with Crippen molar-refractivity contribution in [3.63, 3.8) is 0 Å². The zero-order valence-electron chi connectivity index (χ0n) is 14.4. The van der Waals surface area contributed by atoms with Crippen molar-refractivity contribution in [3.05, 3.63) is 29.2 Å². The van der Waals surface area contributed by atoms with Gasteiger partial charge in [0.25, 0.3) is 0 Å². The van der Waals surface area contributed by atoms with Crippen molar-refractivity contribution in [2.24, 2.45) is 5.41 Å². The second kappa shape index (κ2) is 4.03. The topological polar surface area (TPSA) is 43.6 Å². The molecule has 0 radical (unpaired) electrons. The summed E-state index contributed by atoms with van der Waals surface area (Å²) in [4.78, 5) is 0. The number of aromatic nitrogens is 4. The number of hydrogen-bond acceptors (Lipinski definition) is 3. The predicted molar refractivity (Wildman–Crippen MR) is 89.4 cm³/mol. The number of fused-ring (bicyclic) bond motifs is 3. The molecule has 2 heterocycles. The molecular weight excluding hydrogens is 284 g/mol. The van der Waals surface area contributed by atoms with Crippen molar-refractivity contribution in [1.29, 1.82) is 0 Å². The van der Waals surface area contributed by atoms with Crippen molar-refractivity contribution < 1.29 is 0 Å². The summed E-state index contributed by atoms with van der Waals surface area (Å²) in [6.07, 6.45) is 7.43. The van der Waals surface area contributed by atoms with E-state index in [1.807, 2.05) is 6.20 Å². The molecule has 3 aliphatic carbocycles. The van der Waals surface area contributed by atoms with Gasteiger partial charge in [0.05, 0.1) is 23.1 Å². The summed E-state index contributed by atoms with van der Waals surface area (Å²) in [7, 11) is 0. The number of hydrogen-bond donors (Lipinski definition) is 0. The molecular formula is C19H24N4. The van der Waals surface area contributed by atoms with Crippen molar-refractivity contribution in [2.75, 3.05) is 0 Å². The smallest absolute Gasteiger partial charge is 0.0967 e. The normalized spacial score (nSPS) is 26.8. The van der Waals surface area contributed by atoms with Gasteiger partial charge < -0.3 is 0 Å². The Kier molecular flexibility index (Phi) is 2.40. The van der Waals surface area contributed by atoms with Gasteiger partial charge in [0, 0.05) is 17.2 Å². The van der Waals surface area contributed by atoms with Crippen LogP contribution in [-0.2, 0) is 5.54 Å². The quantitative estimate of drug-likeness (QED) is 0.794. The first kappa shape index (κ1) is 13.7. The molecule has 0 unspecified atom stereocenters. The highest BCUT2D eigenvalue weighted by Crippen LogP contribution is 2.75. The zero-order valence-corrected chi connectivity index (χ0v) is 14.4. The van der Waals surface area contributed by atoms with E-state index in [0.717, 1.165) is 17.2 Å². The van der Waals surface area contributed by atoms with Crippen LogP contribution < -0.4 is 0 Å². The maximum atomic E-state index is 4.68. The first-order valence-electron chi connectivity index (χ1n) is 8.85. The molecule has 2 aromatic heterocycles. The molecule has 0 N–H and O–H groups in total. The van der Waals surface area contributed by atoms with Crippen LogP contribution >= 0.6 is 0 Å². The Morgan fingerprint density at radius 3 is 2.52 bits per heavy atom. The molecule has 120 valence electrons. The molecule has 2 aromatic rings. The van der Waals surface area contributed by atoms with E-state index < -0.39 is 0 Å². The molecule has 2 saturated carbocycles. The third-order valence-corrected chi connectivity index (χ3v) is 6.44. The van der Waals surface area contributed by atoms with Crippen molar-refractivity contribution in [2.45, 2.75) is 70.8 Å². The lowest BCUT2D eigenvalue weighted by Gasteiger charge is -2.21. The molecule has 0 saturated heterocycles. The van der Waals surface area contributed by atoms with E-state index >= 15 is 0 Å². The first-order chi connectivity index (χ1) is 10.9. The maximum Gasteiger partial charge on any atom is 0.0967 e. The summed E-state index contributed by atoms with van der Waals surface area (Å²) in [5, 5.41) is 13.9. The Hall–Kier alpha value is -1.71. The summed E-state index contributed by atoms with van der Waals surface area (Å²) in [6.45, 7) is 8.68. The van der Waals surface area contributed by atoms with Crippen LogP contribution in [0.4, 0.5) is 0 Å². The van der Waals surface area contributed by atoms with Gasteiger partial charge in [-0.15, -0.1) is 0 Å². The van der Waals surface area contributed by atoms with Crippen molar-refractivity contribution in [1.82, 2.24) is 20.0 Å². The Bertz CT molecular complexity index is 807. The van der Waals surface area contributed by atoms with Gasteiger partial charge in [0.15, 0.2) is 0 Å². The average molecular weight is 308 g/mol. The first-order valence-corrected chi connectivity index (χ1v) is 8.85. The van der Waals surface area contributed by atoms with Gasteiger partial charge in [-0.25, -0.2) is 0 Å². The summed E-state index contributed by atoms with van der Waals surface area (Å²) >= 11 is 0. The Labute approximate surface area is 137 Å². The van der Waals surface area contributed by atoms with Gasteiger partial charge in [-0.2, -0.15) is 15.3 Å². The van der Waals surface area contributed by atoms with Gasteiger partial charge in [-0.1, -0.05) is 0 Å². The van der Waals surface area contributed by atoms with E-state index in [2.05, 4.69) is 53.7 Å². The largest absolute Gasteiger partial charge is 0.264 e. The van der Waals surface area contributed by atoms with Gasteiger partial charge in [0.1, 0.15) is 0 Å². The number of rotatable bonds is 1. The fourth-order valence-corrected chi connectivity index (χ4v) is 5.30. The molecule has 0 amide bonds. The molecule has 4 nitrogen and oxygen atoms in total. The highest BCUT2D eigenvalue weighted by molar-refractivity contribution is 5.63. The van der Waals surface area contributed by atoms with E-state index in [1.54, 1.807) is 0 Å². The van der Waals surface area contributed by atoms with E-state index in [9.17, 15) is 0 Å². The monoisotopic (exact) mass is 308 g/mol. The second-order valence-corrected chi connectivity index (χ2v) is 8.71. The molecule has 0 aliphatic heterocycles. The van der Waals surface area contributed by atoms with Crippen LogP contribution in [0.5, 0.6) is 0 Å². The minimum Gasteiger partial charge on any atom is -0.264 e.